The summed E-state index contributed by atoms with van der Waals surface area (Å²) in [5.74, 6) is -1.53. The first kappa shape index (κ1) is 10.2. The van der Waals surface area contributed by atoms with Gasteiger partial charge >= 0.3 is 11.7 Å². The Morgan fingerprint density at radius 2 is 2.25 bits per heavy atom. The Morgan fingerprint density at radius 1 is 1.50 bits per heavy atom. The Labute approximate surface area is 90.0 Å². The molecule has 0 saturated heterocycles. The maximum absolute atomic E-state index is 10.9. The molecule has 5 nitrogen and oxygen atoms in total. The van der Waals surface area contributed by atoms with Gasteiger partial charge in [-0.1, -0.05) is 6.07 Å². The number of H-pyrrole nitrogens is 1. The van der Waals surface area contributed by atoms with Crippen molar-refractivity contribution in [2.45, 2.75) is 6.92 Å². The van der Waals surface area contributed by atoms with Gasteiger partial charge in [0.2, 0.25) is 0 Å². The lowest BCUT2D eigenvalue weighted by atomic mass is 10.1. The van der Waals surface area contributed by atoms with E-state index < -0.39 is 11.7 Å². The highest BCUT2D eigenvalue weighted by Crippen LogP contribution is 2.18. The second kappa shape index (κ2) is 3.69. The molecule has 0 atom stereocenters. The van der Waals surface area contributed by atoms with E-state index in [0.717, 1.165) is 6.08 Å². The molecule has 2 rings (SSSR count). The third kappa shape index (κ3) is 1.88. The van der Waals surface area contributed by atoms with E-state index in [4.69, 9.17) is 9.52 Å². The number of carboxylic acids is 1. The van der Waals surface area contributed by atoms with Crippen LogP contribution in [-0.2, 0) is 4.79 Å². The van der Waals surface area contributed by atoms with Gasteiger partial charge in [0.1, 0.15) is 0 Å². The number of benzene rings is 1. The molecule has 0 aliphatic rings. The molecular weight excluding hydrogens is 210 g/mol. The summed E-state index contributed by atoms with van der Waals surface area (Å²) < 4.78 is 4.88. The van der Waals surface area contributed by atoms with Crippen LogP contribution in [0.1, 0.15) is 12.5 Å². The van der Waals surface area contributed by atoms with Crippen molar-refractivity contribution < 1.29 is 14.3 Å². The second-order valence-corrected chi connectivity index (χ2v) is 3.39. The minimum atomic E-state index is -1.01. The number of hydrogen-bond donors (Lipinski definition) is 2. The zero-order valence-electron chi connectivity index (χ0n) is 8.48. The Kier molecular flexibility index (Phi) is 2.36. The molecule has 0 fully saturated rings. The van der Waals surface area contributed by atoms with Gasteiger partial charge < -0.3 is 9.52 Å². The molecule has 0 radical (unpaired) electrons. The number of carbonyl (C=O) groups is 1. The van der Waals surface area contributed by atoms with Gasteiger partial charge in [0.25, 0.3) is 0 Å². The number of aliphatic carboxylic acids is 1. The van der Waals surface area contributed by atoms with E-state index in [1.807, 2.05) is 0 Å². The molecule has 2 aromatic rings. The summed E-state index contributed by atoms with van der Waals surface area (Å²) in [5.41, 5.74) is 2.31. The van der Waals surface area contributed by atoms with E-state index in [2.05, 4.69) is 4.98 Å². The third-order valence-electron chi connectivity index (χ3n) is 2.22. The van der Waals surface area contributed by atoms with Gasteiger partial charge in [0, 0.05) is 6.08 Å². The highest BCUT2D eigenvalue weighted by Gasteiger charge is 2.04. The minimum Gasteiger partial charge on any atom is -0.478 e. The van der Waals surface area contributed by atoms with Crippen molar-refractivity contribution in [3.05, 3.63) is 40.4 Å². The van der Waals surface area contributed by atoms with Gasteiger partial charge in [-0.2, -0.15) is 0 Å². The van der Waals surface area contributed by atoms with Crippen molar-refractivity contribution in [3.8, 4) is 0 Å². The van der Waals surface area contributed by atoms with Gasteiger partial charge in [0.05, 0.1) is 5.52 Å². The average Bonchev–Trinajstić information content (AvgIpc) is 2.55. The molecule has 16 heavy (non-hydrogen) atoms. The van der Waals surface area contributed by atoms with Crippen LogP contribution in [0, 0.1) is 0 Å². The molecule has 82 valence electrons. The van der Waals surface area contributed by atoms with Crippen molar-refractivity contribution in [2.24, 2.45) is 0 Å². The predicted molar refractivity (Wildman–Crippen MR) is 58.1 cm³/mol. The van der Waals surface area contributed by atoms with Crippen molar-refractivity contribution in [2.75, 3.05) is 0 Å². The third-order valence-corrected chi connectivity index (χ3v) is 2.22. The average molecular weight is 219 g/mol. The van der Waals surface area contributed by atoms with Crippen LogP contribution in [0.5, 0.6) is 0 Å². The van der Waals surface area contributed by atoms with Crippen LogP contribution in [0.4, 0.5) is 0 Å². The maximum atomic E-state index is 10.9. The van der Waals surface area contributed by atoms with Crippen molar-refractivity contribution in [1.29, 1.82) is 0 Å². The molecule has 2 N–H and O–H groups in total. The number of hydrogen-bond acceptors (Lipinski definition) is 3. The maximum Gasteiger partial charge on any atom is 0.417 e. The topological polar surface area (TPSA) is 83.3 Å². The number of fused-ring (bicyclic) bond motifs is 1. The molecule has 1 aromatic carbocycles. The van der Waals surface area contributed by atoms with Crippen molar-refractivity contribution in [1.82, 2.24) is 4.98 Å². The van der Waals surface area contributed by atoms with Gasteiger partial charge in [-0.3, -0.25) is 4.98 Å². The van der Waals surface area contributed by atoms with Crippen LogP contribution in [-0.4, -0.2) is 16.1 Å². The quantitative estimate of drug-likeness (QED) is 0.751. The lowest BCUT2D eigenvalue weighted by Gasteiger charge is -1.99. The molecule has 5 heteroatoms. The summed E-state index contributed by atoms with van der Waals surface area (Å²) in [6.07, 6.45) is 1.10. The smallest absolute Gasteiger partial charge is 0.417 e. The summed E-state index contributed by atoms with van der Waals surface area (Å²) in [6, 6.07) is 5.03. The van der Waals surface area contributed by atoms with Gasteiger partial charge in [0.15, 0.2) is 5.58 Å². The zero-order valence-corrected chi connectivity index (χ0v) is 8.48. The molecule has 0 spiro atoms. The first-order chi connectivity index (χ1) is 7.56. The van der Waals surface area contributed by atoms with Crippen LogP contribution in [0.25, 0.3) is 16.7 Å². The molecule has 0 bridgehead atoms. The lowest BCUT2D eigenvalue weighted by Crippen LogP contribution is -1.92. The van der Waals surface area contributed by atoms with Crippen LogP contribution in [0.3, 0.4) is 0 Å². The minimum absolute atomic E-state index is 0.417. The number of carboxylic acid groups (broad SMARTS) is 1. The lowest BCUT2D eigenvalue weighted by molar-refractivity contribution is -0.131. The van der Waals surface area contributed by atoms with Crippen LogP contribution in [0.2, 0.25) is 0 Å². The SMILES string of the molecule is C/C(=C\C(=O)O)c1ccc2[nH]c(=O)oc2c1. The number of nitrogens with one attached hydrogen (secondary N) is 1. The monoisotopic (exact) mass is 219 g/mol. The summed E-state index contributed by atoms with van der Waals surface area (Å²) in [6.45, 7) is 1.68. The van der Waals surface area contributed by atoms with E-state index in [0.29, 0.717) is 22.2 Å². The summed E-state index contributed by atoms with van der Waals surface area (Å²) in [7, 11) is 0. The molecule has 1 heterocycles. The molecule has 0 aliphatic heterocycles. The Hall–Kier alpha value is -2.30. The number of allylic oxidation sites excluding steroid dienone is 1. The first-order valence-corrected chi connectivity index (χ1v) is 4.61. The Bertz CT molecular complexity index is 633. The molecule has 0 amide bonds. The van der Waals surface area contributed by atoms with Gasteiger partial charge in [-0.15, -0.1) is 0 Å². The first-order valence-electron chi connectivity index (χ1n) is 4.61. The normalized spacial score (nSPS) is 11.9. The standard InChI is InChI=1S/C11H9NO4/c1-6(4-10(13)14)7-2-3-8-9(5-7)16-11(15)12-8/h2-5H,1H3,(H,12,15)(H,13,14)/b6-4+. The molecule has 0 unspecified atom stereocenters. The Balaban J connectivity index is 2.54. The highest BCUT2D eigenvalue weighted by molar-refractivity contribution is 5.90. The largest absolute Gasteiger partial charge is 0.478 e. The van der Waals surface area contributed by atoms with E-state index in [-0.39, 0.29) is 0 Å². The summed E-state index contributed by atoms with van der Waals surface area (Å²) >= 11 is 0. The van der Waals surface area contributed by atoms with Crippen LogP contribution >= 0.6 is 0 Å². The second-order valence-electron chi connectivity index (χ2n) is 3.39. The summed E-state index contributed by atoms with van der Waals surface area (Å²) in [4.78, 5) is 23.9. The number of rotatable bonds is 2. The van der Waals surface area contributed by atoms with Crippen LogP contribution in [0.15, 0.2) is 33.5 Å². The van der Waals surface area contributed by atoms with Gasteiger partial charge in [-0.25, -0.2) is 9.59 Å². The molecular formula is C11H9NO4. The van der Waals surface area contributed by atoms with E-state index in [1.54, 1.807) is 25.1 Å². The fourth-order valence-electron chi connectivity index (χ4n) is 1.46. The summed E-state index contributed by atoms with van der Waals surface area (Å²) in [5, 5.41) is 8.61. The van der Waals surface area contributed by atoms with E-state index in [1.165, 1.54) is 0 Å². The fourth-order valence-corrected chi connectivity index (χ4v) is 1.46. The Morgan fingerprint density at radius 3 is 2.94 bits per heavy atom. The van der Waals surface area contributed by atoms with Gasteiger partial charge in [-0.05, 0) is 30.2 Å². The highest BCUT2D eigenvalue weighted by atomic mass is 16.4. The van der Waals surface area contributed by atoms with Crippen molar-refractivity contribution in [3.63, 3.8) is 0 Å². The van der Waals surface area contributed by atoms with Crippen LogP contribution < -0.4 is 5.76 Å². The molecule has 0 aliphatic carbocycles. The van der Waals surface area contributed by atoms with E-state index in [9.17, 15) is 9.59 Å². The number of aromatic amines is 1. The molecule has 0 saturated carbocycles. The van der Waals surface area contributed by atoms with E-state index >= 15 is 0 Å². The van der Waals surface area contributed by atoms with Crippen molar-refractivity contribution >= 4 is 22.6 Å². The zero-order chi connectivity index (χ0) is 11.7. The molecule has 1 aromatic heterocycles. The fraction of sp³-hybridized carbons (Fsp3) is 0.0909. The number of aromatic nitrogens is 1. The predicted octanol–water partition coefficient (Wildman–Crippen LogP) is 1.61. The number of oxazole rings is 1.